The van der Waals surface area contributed by atoms with Crippen molar-refractivity contribution in [3.8, 4) is 0 Å². The van der Waals surface area contributed by atoms with Crippen LogP contribution >= 0.6 is 0 Å². The minimum absolute atomic E-state index is 0.414. The van der Waals surface area contributed by atoms with Crippen LogP contribution in [0.2, 0.25) is 0 Å². The van der Waals surface area contributed by atoms with Gasteiger partial charge in [0.25, 0.3) is 0 Å². The van der Waals surface area contributed by atoms with Gasteiger partial charge in [0.1, 0.15) is 0 Å². The fourth-order valence-corrected chi connectivity index (χ4v) is 0.644. The van der Waals surface area contributed by atoms with Crippen molar-refractivity contribution in [2.24, 2.45) is 0 Å². The summed E-state index contributed by atoms with van der Waals surface area (Å²) in [6.07, 6.45) is 7.53. The molecule has 0 bridgehead atoms. The van der Waals surface area contributed by atoms with Gasteiger partial charge in [-0.1, -0.05) is 24.3 Å². The first-order valence-corrected chi connectivity index (χ1v) is 3.92. The van der Waals surface area contributed by atoms with Gasteiger partial charge in [0.05, 0.1) is 13.2 Å². The number of carbonyl (C=O) groups excluding carboxylic acids is 1. The number of esters is 1. The number of methoxy groups -OCH3 is 1. The molecule has 0 saturated heterocycles. The van der Waals surface area contributed by atoms with E-state index in [2.05, 4.69) is 11.3 Å². The molecule has 72 valence electrons. The van der Waals surface area contributed by atoms with Crippen LogP contribution in [0.3, 0.4) is 0 Å². The highest BCUT2D eigenvalue weighted by molar-refractivity contribution is 5.82. The summed E-state index contributed by atoms with van der Waals surface area (Å²) in [4.78, 5) is 10.6. The lowest BCUT2D eigenvalue weighted by molar-refractivity contribution is -0.134. The van der Waals surface area contributed by atoms with Gasteiger partial charge >= 0.3 is 5.97 Å². The average Bonchev–Trinajstić information content (AvgIpc) is 2.12. The monoisotopic (exact) mass is 182 g/mol. The van der Waals surface area contributed by atoms with Crippen molar-refractivity contribution in [3.05, 3.63) is 37.0 Å². The Morgan fingerprint density at radius 2 is 2.31 bits per heavy atom. The first-order valence-electron chi connectivity index (χ1n) is 3.92. The van der Waals surface area contributed by atoms with Crippen molar-refractivity contribution >= 4 is 5.97 Å². The minimum Gasteiger partial charge on any atom is -0.466 e. The van der Waals surface area contributed by atoms with E-state index in [0.717, 1.165) is 0 Å². The summed E-state index contributed by atoms with van der Waals surface area (Å²) in [7, 11) is 1.31. The van der Waals surface area contributed by atoms with Crippen molar-refractivity contribution in [1.29, 1.82) is 0 Å². The second-order valence-electron chi connectivity index (χ2n) is 2.36. The maximum absolute atomic E-state index is 10.6. The Bertz CT molecular complexity index is 216. The fraction of sp³-hybridized carbons (Fsp3) is 0.300. The first kappa shape index (κ1) is 11.6. The lowest BCUT2D eigenvalue weighted by atomic mass is 10.2. The molecular weight excluding hydrogens is 168 g/mol. The van der Waals surface area contributed by atoms with E-state index in [1.54, 1.807) is 18.2 Å². The van der Waals surface area contributed by atoms with Gasteiger partial charge in [-0.05, 0) is 6.42 Å². The van der Waals surface area contributed by atoms with E-state index in [1.165, 1.54) is 19.3 Å². The quantitative estimate of drug-likeness (QED) is 0.301. The highest BCUT2D eigenvalue weighted by atomic mass is 16.5. The van der Waals surface area contributed by atoms with Crippen LogP contribution in [-0.4, -0.2) is 24.3 Å². The molecule has 0 aliphatic rings. The second kappa shape index (κ2) is 7.31. The number of rotatable bonds is 5. The highest BCUT2D eigenvalue weighted by Crippen LogP contribution is 1.94. The number of aliphatic hydroxyl groups is 1. The fourth-order valence-electron chi connectivity index (χ4n) is 0.644. The molecule has 0 aromatic carbocycles. The van der Waals surface area contributed by atoms with Gasteiger partial charge in [0.2, 0.25) is 0 Å². The standard InChI is InChI=1S/C10H14O3/c1-3-6-9(11)7-4-5-8-10(12)13-2/h3-5,7-9,11H,1,6H2,2H3/b7-4+,8-5+/t9-/m0/s1. The molecular formula is C10H14O3. The largest absolute Gasteiger partial charge is 0.466 e. The lowest BCUT2D eigenvalue weighted by Gasteiger charge is -1.97. The number of hydrogen-bond donors (Lipinski definition) is 1. The van der Waals surface area contributed by atoms with Crippen LogP contribution in [-0.2, 0) is 9.53 Å². The van der Waals surface area contributed by atoms with Gasteiger partial charge < -0.3 is 9.84 Å². The van der Waals surface area contributed by atoms with Crippen LogP contribution in [0.1, 0.15) is 6.42 Å². The topological polar surface area (TPSA) is 46.5 Å². The minimum atomic E-state index is -0.542. The summed E-state index contributed by atoms with van der Waals surface area (Å²) in [5.74, 6) is -0.414. The molecule has 0 aliphatic carbocycles. The van der Waals surface area contributed by atoms with Crippen LogP contribution in [0.15, 0.2) is 37.0 Å². The predicted molar refractivity (Wildman–Crippen MR) is 51.1 cm³/mol. The Kier molecular flexibility index (Phi) is 6.55. The number of aliphatic hydroxyl groups excluding tert-OH is 1. The van der Waals surface area contributed by atoms with E-state index < -0.39 is 12.1 Å². The van der Waals surface area contributed by atoms with Gasteiger partial charge in [-0.15, -0.1) is 6.58 Å². The first-order chi connectivity index (χ1) is 6.20. The van der Waals surface area contributed by atoms with Crippen molar-refractivity contribution in [2.75, 3.05) is 7.11 Å². The zero-order chi connectivity index (χ0) is 10.1. The Morgan fingerprint density at radius 3 is 2.85 bits per heavy atom. The van der Waals surface area contributed by atoms with Crippen LogP contribution in [0.25, 0.3) is 0 Å². The summed E-state index contributed by atoms with van der Waals surface area (Å²) < 4.78 is 4.37. The van der Waals surface area contributed by atoms with Crippen LogP contribution in [0, 0.1) is 0 Å². The van der Waals surface area contributed by atoms with Crippen molar-refractivity contribution < 1.29 is 14.6 Å². The molecule has 0 saturated carbocycles. The van der Waals surface area contributed by atoms with Gasteiger partial charge in [0.15, 0.2) is 0 Å². The van der Waals surface area contributed by atoms with E-state index in [-0.39, 0.29) is 0 Å². The molecule has 0 fully saturated rings. The SMILES string of the molecule is C=CC[C@H](O)/C=C/C=C/C(=O)OC. The third-order valence-corrected chi connectivity index (χ3v) is 1.29. The maximum Gasteiger partial charge on any atom is 0.330 e. The Labute approximate surface area is 78.0 Å². The van der Waals surface area contributed by atoms with E-state index >= 15 is 0 Å². The zero-order valence-electron chi connectivity index (χ0n) is 7.64. The Balaban J connectivity index is 3.79. The molecule has 13 heavy (non-hydrogen) atoms. The summed E-state index contributed by atoms with van der Waals surface area (Å²) >= 11 is 0. The molecule has 0 radical (unpaired) electrons. The number of hydrogen-bond acceptors (Lipinski definition) is 3. The summed E-state index contributed by atoms with van der Waals surface area (Å²) in [6.45, 7) is 3.48. The number of ether oxygens (including phenoxy) is 1. The smallest absolute Gasteiger partial charge is 0.330 e. The number of allylic oxidation sites excluding steroid dienone is 2. The third-order valence-electron chi connectivity index (χ3n) is 1.29. The number of carbonyl (C=O) groups is 1. The van der Waals surface area contributed by atoms with E-state index in [4.69, 9.17) is 5.11 Å². The Morgan fingerprint density at radius 1 is 1.62 bits per heavy atom. The maximum atomic E-state index is 10.6. The van der Waals surface area contributed by atoms with Gasteiger partial charge in [-0.3, -0.25) is 0 Å². The summed E-state index contributed by atoms with van der Waals surface area (Å²) in [5.41, 5.74) is 0. The summed E-state index contributed by atoms with van der Waals surface area (Å²) in [5, 5.41) is 9.16. The van der Waals surface area contributed by atoms with Crippen LogP contribution in [0.4, 0.5) is 0 Å². The van der Waals surface area contributed by atoms with E-state index in [1.807, 2.05) is 0 Å². The molecule has 0 aromatic heterocycles. The van der Waals surface area contributed by atoms with E-state index in [9.17, 15) is 4.79 Å². The van der Waals surface area contributed by atoms with Gasteiger partial charge in [-0.25, -0.2) is 4.79 Å². The Hall–Kier alpha value is -1.35. The summed E-state index contributed by atoms with van der Waals surface area (Å²) in [6, 6.07) is 0. The second-order valence-corrected chi connectivity index (χ2v) is 2.36. The van der Waals surface area contributed by atoms with Gasteiger partial charge in [0, 0.05) is 6.08 Å². The highest BCUT2D eigenvalue weighted by Gasteiger charge is 1.92. The van der Waals surface area contributed by atoms with Crippen LogP contribution < -0.4 is 0 Å². The normalized spacial score (nSPS) is 13.4. The molecule has 0 amide bonds. The third kappa shape index (κ3) is 7.03. The molecule has 0 aliphatic heterocycles. The van der Waals surface area contributed by atoms with E-state index in [0.29, 0.717) is 6.42 Å². The molecule has 0 rings (SSSR count). The molecule has 3 heteroatoms. The average molecular weight is 182 g/mol. The lowest BCUT2D eigenvalue weighted by Crippen LogP contribution is -1.98. The molecule has 0 heterocycles. The molecule has 3 nitrogen and oxygen atoms in total. The van der Waals surface area contributed by atoms with Gasteiger partial charge in [-0.2, -0.15) is 0 Å². The predicted octanol–water partition coefficient (Wildman–Crippen LogP) is 1.21. The van der Waals surface area contributed by atoms with Crippen LogP contribution in [0.5, 0.6) is 0 Å². The molecule has 0 aromatic rings. The zero-order valence-corrected chi connectivity index (χ0v) is 7.64. The molecule has 1 atom stereocenters. The van der Waals surface area contributed by atoms with Crippen molar-refractivity contribution in [3.63, 3.8) is 0 Å². The molecule has 0 unspecified atom stereocenters. The molecule has 1 N–H and O–H groups in total. The van der Waals surface area contributed by atoms with Crippen molar-refractivity contribution in [1.82, 2.24) is 0 Å². The van der Waals surface area contributed by atoms with Crippen molar-refractivity contribution in [2.45, 2.75) is 12.5 Å². The molecule has 0 spiro atoms.